The van der Waals surface area contributed by atoms with Gasteiger partial charge in [0.25, 0.3) is 5.91 Å². The molecule has 0 N–H and O–H groups in total. The molecule has 0 saturated carbocycles. The van der Waals surface area contributed by atoms with E-state index in [1.165, 1.54) is 31.2 Å². The number of hydrogen-bond acceptors (Lipinski definition) is 4. The molecule has 0 spiro atoms. The van der Waals surface area contributed by atoms with Crippen LogP contribution in [-0.4, -0.2) is 30.9 Å². The number of nitrogens with zero attached hydrogens (tertiary/aromatic N) is 2. The van der Waals surface area contributed by atoms with Crippen LogP contribution in [0.15, 0.2) is 40.5 Å². The van der Waals surface area contributed by atoms with Crippen LogP contribution < -0.4 is 5.01 Å². The minimum Gasteiger partial charge on any atom is -0.465 e. The van der Waals surface area contributed by atoms with Crippen LogP contribution in [-0.2, 0) is 14.3 Å². The van der Waals surface area contributed by atoms with Gasteiger partial charge in [0.1, 0.15) is 0 Å². The first kappa shape index (κ1) is 17.0. The largest absolute Gasteiger partial charge is 0.465 e. The molecule has 0 fully saturated rings. The first-order valence-electron chi connectivity index (χ1n) is 6.22. The van der Waals surface area contributed by atoms with Crippen LogP contribution >= 0.6 is 11.6 Å². The number of hydrogen-bond donors (Lipinski definition) is 0. The molecular formula is C14H10ClF3N2O3. The normalized spacial score (nSPS) is 17.2. The van der Waals surface area contributed by atoms with Crippen LogP contribution in [0.25, 0.3) is 0 Å². The number of amides is 1. The third-order valence-electron chi connectivity index (χ3n) is 3.01. The van der Waals surface area contributed by atoms with E-state index in [-0.39, 0.29) is 11.4 Å². The Hall–Kier alpha value is -2.35. The molecule has 1 aromatic carbocycles. The molecule has 5 nitrogen and oxygen atoms in total. The van der Waals surface area contributed by atoms with Crippen molar-refractivity contribution in [3.8, 4) is 0 Å². The predicted molar refractivity (Wildman–Crippen MR) is 77.1 cm³/mol. The number of carbonyl (C=O) groups is 2. The average molecular weight is 347 g/mol. The molecule has 0 atom stereocenters. The SMILES string of the molecule is COC(=O)C(=C1C(=O)N(c2ccc(Cl)cc2)N=C1C)C(F)(F)F. The van der Waals surface area contributed by atoms with E-state index in [1.807, 2.05) is 0 Å². The highest BCUT2D eigenvalue weighted by Crippen LogP contribution is 2.34. The standard InChI is InChI=1S/C14H10ClF3N2O3/c1-7-10(11(13(22)23-2)14(16,17)18)12(21)20(19-7)9-5-3-8(15)4-6-9/h3-6H,1-2H3. The smallest absolute Gasteiger partial charge is 0.424 e. The highest BCUT2D eigenvalue weighted by atomic mass is 35.5. The third kappa shape index (κ3) is 3.21. The second-order valence-corrected chi connectivity index (χ2v) is 4.95. The third-order valence-corrected chi connectivity index (χ3v) is 3.26. The lowest BCUT2D eigenvalue weighted by Gasteiger charge is -2.14. The maximum absolute atomic E-state index is 13.1. The topological polar surface area (TPSA) is 59.0 Å². The summed E-state index contributed by atoms with van der Waals surface area (Å²) in [5.74, 6) is -2.71. The summed E-state index contributed by atoms with van der Waals surface area (Å²) in [6.07, 6.45) is -5.05. The number of methoxy groups -OCH3 is 1. The number of benzene rings is 1. The molecule has 1 amide bonds. The molecule has 122 valence electrons. The minimum atomic E-state index is -5.05. The molecular weight excluding hydrogens is 337 g/mol. The van der Waals surface area contributed by atoms with E-state index in [1.54, 1.807) is 0 Å². The van der Waals surface area contributed by atoms with Gasteiger partial charge in [0.2, 0.25) is 0 Å². The van der Waals surface area contributed by atoms with Crippen molar-refractivity contribution in [3.05, 3.63) is 40.4 Å². The van der Waals surface area contributed by atoms with Crippen molar-refractivity contribution in [2.24, 2.45) is 5.10 Å². The number of alkyl halides is 3. The number of esters is 1. The minimum absolute atomic E-state index is 0.222. The Kier molecular flexibility index (Phi) is 4.46. The maximum atomic E-state index is 13.1. The molecule has 0 unspecified atom stereocenters. The van der Waals surface area contributed by atoms with E-state index in [2.05, 4.69) is 9.84 Å². The van der Waals surface area contributed by atoms with Crippen molar-refractivity contribution in [2.45, 2.75) is 13.1 Å². The average Bonchev–Trinajstić information content (AvgIpc) is 2.75. The summed E-state index contributed by atoms with van der Waals surface area (Å²) < 4.78 is 43.6. The molecule has 1 aromatic rings. The van der Waals surface area contributed by atoms with Crippen LogP contribution in [0.1, 0.15) is 6.92 Å². The second kappa shape index (κ2) is 6.04. The maximum Gasteiger partial charge on any atom is 0.424 e. The Bertz CT molecular complexity index is 724. The van der Waals surface area contributed by atoms with E-state index < -0.39 is 29.2 Å². The molecule has 0 bridgehead atoms. The molecule has 1 aliphatic rings. The molecule has 23 heavy (non-hydrogen) atoms. The zero-order chi connectivity index (χ0) is 17.4. The van der Waals surface area contributed by atoms with Gasteiger partial charge < -0.3 is 4.74 Å². The summed E-state index contributed by atoms with van der Waals surface area (Å²) in [6.45, 7) is 1.21. The first-order valence-corrected chi connectivity index (χ1v) is 6.60. The second-order valence-electron chi connectivity index (χ2n) is 4.52. The lowest BCUT2D eigenvalue weighted by Crippen LogP contribution is -2.29. The predicted octanol–water partition coefficient (Wildman–Crippen LogP) is 3.09. The van der Waals surface area contributed by atoms with Crippen LogP contribution in [0.5, 0.6) is 0 Å². The summed E-state index contributed by atoms with van der Waals surface area (Å²) in [6, 6.07) is 5.76. The molecule has 2 rings (SSSR count). The number of carbonyl (C=O) groups excluding carboxylic acids is 2. The van der Waals surface area contributed by atoms with Gasteiger partial charge in [-0.2, -0.15) is 23.3 Å². The highest BCUT2D eigenvalue weighted by Gasteiger charge is 2.47. The molecule has 0 aromatic heterocycles. The van der Waals surface area contributed by atoms with Crippen molar-refractivity contribution >= 4 is 34.9 Å². The fourth-order valence-electron chi connectivity index (χ4n) is 2.01. The van der Waals surface area contributed by atoms with Gasteiger partial charge in [-0.3, -0.25) is 4.79 Å². The summed E-state index contributed by atoms with van der Waals surface area (Å²) in [5, 5.41) is 4.96. The van der Waals surface area contributed by atoms with Crippen LogP contribution in [0.4, 0.5) is 18.9 Å². The van der Waals surface area contributed by atoms with Crippen LogP contribution in [0, 0.1) is 0 Å². The first-order chi connectivity index (χ1) is 10.7. The molecule has 1 aliphatic heterocycles. The Morgan fingerprint density at radius 1 is 1.26 bits per heavy atom. The number of hydrazone groups is 1. The van der Waals surface area contributed by atoms with E-state index in [0.717, 1.165) is 12.1 Å². The van der Waals surface area contributed by atoms with Crippen molar-refractivity contribution in [1.29, 1.82) is 0 Å². The van der Waals surface area contributed by atoms with Gasteiger partial charge in [-0.25, -0.2) is 4.79 Å². The lowest BCUT2D eigenvalue weighted by molar-refractivity contribution is -0.148. The summed E-state index contributed by atoms with van der Waals surface area (Å²) in [4.78, 5) is 23.8. The Morgan fingerprint density at radius 2 is 1.83 bits per heavy atom. The molecule has 9 heteroatoms. The number of ether oxygens (including phenoxy) is 1. The Morgan fingerprint density at radius 3 is 2.30 bits per heavy atom. The van der Waals surface area contributed by atoms with Crippen LogP contribution in [0.2, 0.25) is 5.02 Å². The van der Waals surface area contributed by atoms with Gasteiger partial charge in [0.15, 0.2) is 5.57 Å². The molecule has 0 saturated heterocycles. The number of rotatable bonds is 2. The summed E-state index contributed by atoms with van der Waals surface area (Å²) in [5.41, 5.74) is -2.52. The lowest BCUT2D eigenvalue weighted by atomic mass is 10.0. The fourth-order valence-corrected chi connectivity index (χ4v) is 2.14. The number of anilines is 1. The van der Waals surface area contributed by atoms with Crippen molar-refractivity contribution in [3.63, 3.8) is 0 Å². The fraction of sp³-hybridized carbons (Fsp3) is 0.214. The zero-order valence-corrected chi connectivity index (χ0v) is 12.7. The molecule has 1 heterocycles. The van der Waals surface area contributed by atoms with E-state index in [0.29, 0.717) is 5.02 Å². The van der Waals surface area contributed by atoms with Crippen LogP contribution in [0.3, 0.4) is 0 Å². The van der Waals surface area contributed by atoms with Gasteiger partial charge in [0.05, 0.1) is 24.1 Å². The highest BCUT2D eigenvalue weighted by molar-refractivity contribution is 6.33. The van der Waals surface area contributed by atoms with Crippen molar-refractivity contribution < 1.29 is 27.5 Å². The van der Waals surface area contributed by atoms with Gasteiger partial charge in [0, 0.05) is 5.02 Å². The monoisotopic (exact) mass is 346 g/mol. The van der Waals surface area contributed by atoms with E-state index in [4.69, 9.17) is 11.6 Å². The Labute approximate surface area is 134 Å². The summed E-state index contributed by atoms with van der Waals surface area (Å²) >= 11 is 5.72. The summed E-state index contributed by atoms with van der Waals surface area (Å²) in [7, 11) is 0.803. The van der Waals surface area contributed by atoms with Gasteiger partial charge in [-0.05, 0) is 31.2 Å². The number of halogens is 4. The quantitative estimate of drug-likeness (QED) is 0.610. The van der Waals surface area contributed by atoms with Gasteiger partial charge in [-0.1, -0.05) is 11.6 Å². The van der Waals surface area contributed by atoms with E-state index in [9.17, 15) is 22.8 Å². The van der Waals surface area contributed by atoms with Crippen molar-refractivity contribution in [1.82, 2.24) is 0 Å². The van der Waals surface area contributed by atoms with Crippen molar-refractivity contribution in [2.75, 3.05) is 12.1 Å². The van der Waals surface area contributed by atoms with E-state index >= 15 is 0 Å². The van der Waals surface area contributed by atoms with Gasteiger partial charge >= 0.3 is 12.1 Å². The molecule has 0 aliphatic carbocycles. The zero-order valence-electron chi connectivity index (χ0n) is 11.9. The molecule has 0 radical (unpaired) electrons. The Balaban J connectivity index is 2.56. The van der Waals surface area contributed by atoms with Gasteiger partial charge in [-0.15, -0.1) is 0 Å².